The van der Waals surface area contributed by atoms with Crippen molar-refractivity contribution in [3.8, 4) is 0 Å². The molecule has 0 saturated carbocycles. The van der Waals surface area contributed by atoms with Crippen molar-refractivity contribution in [2.24, 2.45) is 0 Å². The second-order valence-electron chi connectivity index (χ2n) is 4.12. The Bertz CT molecular complexity index is 335. The zero-order valence-electron chi connectivity index (χ0n) is 8.76. The van der Waals surface area contributed by atoms with Crippen molar-refractivity contribution in [3.63, 3.8) is 0 Å². The van der Waals surface area contributed by atoms with Crippen molar-refractivity contribution in [1.82, 2.24) is 0 Å². The standard InChI is InChI=1S/C12H16IN/c1-9-5-6-11(13)8-12(9)14-7-3-4-10(14)2/h5-6,8,10H,3-4,7H2,1-2H3. The summed E-state index contributed by atoms with van der Waals surface area (Å²) in [7, 11) is 0. The van der Waals surface area contributed by atoms with Gasteiger partial charge in [0, 0.05) is 21.8 Å². The van der Waals surface area contributed by atoms with Gasteiger partial charge < -0.3 is 4.90 Å². The molecular weight excluding hydrogens is 285 g/mol. The van der Waals surface area contributed by atoms with Gasteiger partial charge in [-0.3, -0.25) is 0 Å². The van der Waals surface area contributed by atoms with Crippen LogP contribution in [0.15, 0.2) is 18.2 Å². The second-order valence-corrected chi connectivity index (χ2v) is 5.36. The number of anilines is 1. The maximum Gasteiger partial charge on any atom is 0.0408 e. The number of hydrogen-bond acceptors (Lipinski definition) is 1. The van der Waals surface area contributed by atoms with E-state index in [0.717, 1.165) is 0 Å². The molecule has 0 N–H and O–H groups in total. The Balaban J connectivity index is 2.34. The van der Waals surface area contributed by atoms with Gasteiger partial charge in [-0.1, -0.05) is 6.07 Å². The number of benzene rings is 1. The largest absolute Gasteiger partial charge is 0.369 e. The van der Waals surface area contributed by atoms with Crippen LogP contribution in [-0.2, 0) is 0 Å². The third kappa shape index (κ3) is 1.90. The van der Waals surface area contributed by atoms with Crippen molar-refractivity contribution in [2.75, 3.05) is 11.4 Å². The lowest BCUT2D eigenvalue weighted by Gasteiger charge is -2.25. The second kappa shape index (κ2) is 4.09. The minimum Gasteiger partial charge on any atom is -0.369 e. The van der Waals surface area contributed by atoms with E-state index in [0.29, 0.717) is 6.04 Å². The summed E-state index contributed by atoms with van der Waals surface area (Å²) < 4.78 is 1.34. The predicted molar refractivity (Wildman–Crippen MR) is 69.9 cm³/mol. The molecule has 2 rings (SSSR count). The molecule has 1 unspecified atom stereocenters. The van der Waals surface area contributed by atoms with Gasteiger partial charge in [-0.2, -0.15) is 0 Å². The van der Waals surface area contributed by atoms with Crippen molar-refractivity contribution < 1.29 is 0 Å². The van der Waals surface area contributed by atoms with E-state index in [9.17, 15) is 0 Å². The van der Waals surface area contributed by atoms with Gasteiger partial charge in [0.2, 0.25) is 0 Å². The molecule has 1 aromatic carbocycles. The van der Waals surface area contributed by atoms with Gasteiger partial charge in [-0.15, -0.1) is 0 Å². The lowest BCUT2D eigenvalue weighted by atomic mass is 10.1. The minimum atomic E-state index is 0.715. The van der Waals surface area contributed by atoms with E-state index in [-0.39, 0.29) is 0 Å². The fourth-order valence-electron chi connectivity index (χ4n) is 2.18. The Morgan fingerprint density at radius 2 is 2.21 bits per heavy atom. The van der Waals surface area contributed by atoms with Gasteiger partial charge >= 0.3 is 0 Å². The molecule has 2 heteroatoms. The Morgan fingerprint density at radius 1 is 1.43 bits per heavy atom. The first-order valence-electron chi connectivity index (χ1n) is 5.21. The van der Waals surface area contributed by atoms with Crippen molar-refractivity contribution in [3.05, 3.63) is 27.3 Å². The number of halogens is 1. The summed E-state index contributed by atoms with van der Waals surface area (Å²) in [6.45, 7) is 5.75. The normalized spacial score (nSPS) is 21.6. The average Bonchev–Trinajstić information content (AvgIpc) is 2.56. The van der Waals surface area contributed by atoms with Crippen LogP contribution >= 0.6 is 22.6 Å². The third-order valence-corrected chi connectivity index (χ3v) is 3.70. The summed E-state index contributed by atoms with van der Waals surface area (Å²) in [5, 5.41) is 0. The molecular formula is C12H16IN. The zero-order valence-corrected chi connectivity index (χ0v) is 10.9. The van der Waals surface area contributed by atoms with Crippen LogP contribution < -0.4 is 4.90 Å². The molecule has 1 heterocycles. The summed E-state index contributed by atoms with van der Waals surface area (Å²) in [6.07, 6.45) is 2.68. The highest BCUT2D eigenvalue weighted by Crippen LogP contribution is 2.29. The highest BCUT2D eigenvalue weighted by Gasteiger charge is 2.21. The number of aryl methyl sites for hydroxylation is 1. The van der Waals surface area contributed by atoms with Crippen LogP contribution in [0.3, 0.4) is 0 Å². The van der Waals surface area contributed by atoms with Crippen LogP contribution in [0.25, 0.3) is 0 Å². The van der Waals surface area contributed by atoms with E-state index in [1.807, 2.05) is 0 Å². The molecule has 0 bridgehead atoms. The fraction of sp³-hybridized carbons (Fsp3) is 0.500. The van der Waals surface area contributed by atoms with Crippen LogP contribution in [0.1, 0.15) is 25.3 Å². The monoisotopic (exact) mass is 301 g/mol. The summed E-state index contributed by atoms with van der Waals surface area (Å²) in [5.41, 5.74) is 2.83. The van der Waals surface area contributed by atoms with E-state index in [4.69, 9.17) is 0 Å². The molecule has 1 aromatic rings. The van der Waals surface area contributed by atoms with Crippen molar-refractivity contribution in [2.45, 2.75) is 32.7 Å². The number of hydrogen-bond donors (Lipinski definition) is 0. The van der Waals surface area contributed by atoms with Crippen molar-refractivity contribution in [1.29, 1.82) is 0 Å². The highest BCUT2D eigenvalue weighted by molar-refractivity contribution is 14.1. The lowest BCUT2D eigenvalue weighted by molar-refractivity contribution is 0.733. The molecule has 1 aliphatic rings. The summed E-state index contributed by atoms with van der Waals surface area (Å²) in [4.78, 5) is 2.54. The van der Waals surface area contributed by atoms with Crippen LogP contribution in [0, 0.1) is 10.5 Å². The van der Waals surface area contributed by atoms with Crippen LogP contribution in [0.5, 0.6) is 0 Å². The van der Waals surface area contributed by atoms with Crippen LogP contribution in [-0.4, -0.2) is 12.6 Å². The van der Waals surface area contributed by atoms with Gasteiger partial charge in [0.05, 0.1) is 0 Å². The Kier molecular flexibility index (Phi) is 3.00. The summed E-state index contributed by atoms with van der Waals surface area (Å²) in [5.74, 6) is 0. The molecule has 0 spiro atoms. The smallest absolute Gasteiger partial charge is 0.0408 e. The Labute approximate surface area is 99.6 Å². The Morgan fingerprint density at radius 3 is 2.86 bits per heavy atom. The van der Waals surface area contributed by atoms with Gasteiger partial charge in [0.25, 0.3) is 0 Å². The lowest BCUT2D eigenvalue weighted by Crippen LogP contribution is -2.26. The van der Waals surface area contributed by atoms with E-state index in [2.05, 4.69) is 59.5 Å². The van der Waals surface area contributed by atoms with E-state index < -0.39 is 0 Å². The summed E-state index contributed by atoms with van der Waals surface area (Å²) in [6, 6.07) is 7.42. The molecule has 0 aromatic heterocycles. The molecule has 1 saturated heterocycles. The first-order chi connectivity index (χ1) is 6.68. The first-order valence-corrected chi connectivity index (χ1v) is 6.29. The van der Waals surface area contributed by atoms with Crippen LogP contribution in [0.4, 0.5) is 5.69 Å². The maximum absolute atomic E-state index is 2.54. The van der Waals surface area contributed by atoms with Gasteiger partial charge in [0.1, 0.15) is 0 Å². The highest BCUT2D eigenvalue weighted by atomic mass is 127. The van der Waals surface area contributed by atoms with E-state index in [1.54, 1.807) is 0 Å². The topological polar surface area (TPSA) is 3.24 Å². The van der Waals surface area contributed by atoms with E-state index in [1.165, 1.54) is 34.2 Å². The molecule has 1 atom stereocenters. The minimum absolute atomic E-state index is 0.715. The number of nitrogens with zero attached hydrogens (tertiary/aromatic N) is 1. The molecule has 1 fully saturated rings. The average molecular weight is 301 g/mol. The first kappa shape index (κ1) is 10.3. The van der Waals surface area contributed by atoms with Crippen molar-refractivity contribution >= 4 is 28.3 Å². The van der Waals surface area contributed by atoms with E-state index >= 15 is 0 Å². The van der Waals surface area contributed by atoms with Gasteiger partial charge in [-0.05, 0) is 67.0 Å². The van der Waals surface area contributed by atoms with Gasteiger partial charge in [0.15, 0.2) is 0 Å². The third-order valence-electron chi connectivity index (χ3n) is 3.03. The van der Waals surface area contributed by atoms with Gasteiger partial charge in [-0.25, -0.2) is 0 Å². The molecule has 0 amide bonds. The maximum atomic E-state index is 2.54. The molecule has 0 aliphatic carbocycles. The predicted octanol–water partition coefficient (Wildman–Crippen LogP) is 3.59. The quantitative estimate of drug-likeness (QED) is 0.717. The Hall–Kier alpha value is -0.250. The molecule has 1 aliphatic heterocycles. The molecule has 1 nitrogen and oxygen atoms in total. The SMILES string of the molecule is Cc1ccc(I)cc1N1CCCC1C. The molecule has 0 radical (unpaired) electrons. The number of rotatable bonds is 1. The van der Waals surface area contributed by atoms with Crippen LogP contribution in [0.2, 0.25) is 0 Å². The molecule has 76 valence electrons. The fourth-order valence-corrected chi connectivity index (χ4v) is 2.66. The zero-order chi connectivity index (χ0) is 10.1. The molecule has 14 heavy (non-hydrogen) atoms. The summed E-state index contributed by atoms with van der Waals surface area (Å²) >= 11 is 2.39.